The first-order valence-electron chi connectivity index (χ1n) is 5.77. The fourth-order valence-corrected chi connectivity index (χ4v) is 2.09. The predicted molar refractivity (Wildman–Crippen MR) is 57.3 cm³/mol. The first-order chi connectivity index (χ1) is 7.26. The van der Waals surface area contributed by atoms with Crippen LogP contribution in [0.5, 0.6) is 0 Å². The summed E-state index contributed by atoms with van der Waals surface area (Å²) in [4.78, 5) is 11.5. The summed E-state index contributed by atoms with van der Waals surface area (Å²) < 4.78 is 0. The Kier molecular flexibility index (Phi) is 5.65. The fraction of sp³-hybridized carbons (Fsp3) is 0.909. The maximum atomic E-state index is 11.5. The lowest BCUT2D eigenvalue weighted by molar-refractivity contribution is -0.123. The summed E-state index contributed by atoms with van der Waals surface area (Å²) in [5, 5.41) is 20.2. The first-order valence-corrected chi connectivity index (χ1v) is 5.77. The number of hydrogen-bond acceptors (Lipinski definition) is 3. The second-order valence-corrected chi connectivity index (χ2v) is 4.34. The molecule has 0 radical (unpaired) electrons. The van der Waals surface area contributed by atoms with Gasteiger partial charge < -0.3 is 15.5 Å². The molecule has 0 aromatic carbocycles. The molecule has 1 amide bonds. The summed E-state index contributed by atoms with van der Waals surface area (Å²) in [6.45, 7) is -0.403. The Morgan fingerprint density at radius 3 is 2.33 bits per heavy atom. The molecule has 1 fully saturated rings. The van der Waals surface area contributed by atoms with Crippen LogP contribution in [0.3, 0.4) is 0 Å². The second-order valence-electron chi connectivity index (χ2n) is 4.34. The van der Waals surface area contributed by atoms with E-state index in [2.05, 4.69) is 5.32 Å². The third-order valence-corrected chi connectivity index (χ3v) is 3.00. The minimum atomic E-state index is -0.499. The van der Waals surface area contributed by atoms with Crippen LogP contribution in [0, 0.1) is 5.92 Å². The van der Waals surface area contributed by atoms with Crippen molar-refractivity contribution in [2.24, 2.45) is 5.92 Å². The van der Waals surface area contributed by atoms with Crippen LogP contribution in [0.4, 0.5) is 0 Å². The van der Waals surface area contributed by atoms with E-state index in [-0.39, 0.29) is 19.1 Å². The van der Waals surface area contributed by atoms with E-state index in [0.29, 0.717) is 12.3 Å². The smallest absolute Gasteiger partial charge is 0.220 e. The van der Waals surface area contributed by atoms with Gasteiger partial charge in [-0.3, -0.25) is 4.79 Å². The summed E-state index contributed by atoms with van der Waals surface area (Å²) in [6, 6.07) is -0.499. The molecular weight excluding hydrogens is 194 g/mol. The minimum absolute atomic E-state index is 0.0463. The zero-order valence-electron chi connectivity index (χ0n) is 9.11. The molecule has 0 spiro atoms. The normalized spacial score (nSPS) is 18.1. The number of hydrogen-bond donors (Lipinski definition) is 3. The lowest BCUT2D eigenvalue weighted by atomic mass is 9.87. The third-order valence-electron chi connectivity index (χ3n) is 3.00. The molecule has 15 heavy (non-hydrogen) atoms. The van der Waals surface area contributed by atoms with Crippen LogP contribution >= 0.6 is 0 Å². The van der Waals surface area contributed by atoms with Gasteiger partial charge in [0.15, 0.2) is 0 Å². The molecular formula is C11H21NO3. The zero-order valence-corrected chi connectivity index (χ0v) is 9.11. The molecule has 88 valence electrons. The van der Waals surface area contributed by atoms with Crippen molar-refractivity contribution in [3.63, 3.8) is 0 Å². The van der Waals surface area contributed by atoms with Gasteiger partial charge in [-0.1, -0.05) is 19.3 Å². The number of nitrogens with one attached hydrogen (secondary N) is 1. The van der Waals surface area contributed by atoms with Gasteiger partial charge in [-0.15, -0.1) is 0 Å². The highest BCUT2D eigenvalue weighted by atomic mass is 16.3. The van der Waals surface area contributed by atoms with E-state index in [1.54, 1.807) is 0 Å². The second kappa shape index (κ2) is 6.80. The van der Waals surface area contributed by atoms with Crippen molar-refractivity contribution in [2.75, 3.05) is 13.2 Å². The lowest BCUT2D eigenvalue weighted by Gasteiger charge is -2.22. The van der Waals surface area contributed by atoms with Crippen LogP contribution in [0.2, 0.25) is 0 Å². The number of rotatable bonds is 5. The highest BCUT2D eigenvalue weighted by molar-refractivity contribution is 5.76. The summed E-state index contributed by atoms with van der Waals surface area (Å²) >= 11 is 0. The highest BCUT2D eigenvalue weighted by Gasteiger charge is 2.18. The van der Waals surface area contributed by atoms with Gasteiger partial charge in [-0.25, -0.2) is 0 Å². The molecule has 4 heteroatoms. The SMILES string of the molecule is O=C(CC1CCCCC1)NC(CO)CO. The number of carbonyl (C=O) groups is 1. The van der Waals surface area contributed by atoms with E-state index in [0.717, 1.165) is 12.8 Å². The molecule has 0 aromatic rings. The third kappa shape index (κ3) is 4.62. The van der Waals surface area contributed by atoms with Crippen LogP contribution < -0.4 is 5.32 Å². The first kappa shape index (κ1) is 12.5. The average molecular weight is 215 g/mol. The van der Waals surface area contributed by atoms with Crippen LogP contribution in [0.25, 0.3) is 0 Å². The van der Waals surface area contributed by atoms with E-state index in [9.17, 15) is 4.79 Å². The number of amides is 1. The monoisotopic (exact) mass is 215 g/mol. The molecule has 1 rings (SSSR count). The Morgan fingerprint density at radius 1 is 1.20 bits per heavy atom. The standard InChI is InChI=1S/C11H21NO3/c13-7-10(8-14)12-11(15)6-9-4-2-1-3-5-9/h9-10,13-14H,1-8H2,(H,12,15). The van der Waals surface area contributed by atoms with E-state index in [1.807, 2.05) is 0 Å². The van der Waals surface area contributed by atoms with E-state index < -0.39 is 6.04 Å². The molecule has 0 saturated heterocycles. The van der Waals surface area contributed by atoms with Crippen molar-refractivity contribution < 1.29 is 15.0 Å². The molecule has 0 bridgehead atoms. The van der Waals surface area contributed by atoms with Crippen LogP contribution in [-0.2, 0) is 4.79 Å². The summed E-state index contributed by atoms with van der Waals surface area (Å²) in [6.07, 6.45) is 6.54. The molecule has 0 aromatic heterocycles. The van der Waals surface area contributed by atoms with E-state index in [1.165, 1.54) is 19.3 Å². The van der Waals surface area contributed by atoms with Crippen molar-refractivity contribution in [1.29, 1.82) is 0 Å². The van der Waals surface area contributed by atoms with Gasteiger partial charge in [-0.05, 0) is 18.8 Å². The highest BCUT2D eigenvalue weighted by Crippen LogP contribution is 2.25. The van der Waals surface area contributed by atoms with Gasteiger partial charge in [0.05, 0.1) is 19.3 Å². The van der Waals surface area contributed by atoms with E-state index >= 15 is 0 Å². The predicted octanol–water partition coefficient (Wildman–Crippen LogP) is 0.426. The van der Waals surface area contributed by atoms with Gasteiger partial charge in [0.2, 0.25) is 5.91 Å². The van der Waals surface area contributed by atoms with Gasteiger partial charge in [0.1, 0.15) is 0 Å². The van der Waals surface area contributed by atoms with Crippen molar-refractivity contribution in [2.45, 2.75) is 44.6 Å². The van der Waals surface area contributed by atoms with Crippen molar-refractivity contribution in [3.05, 3.63) is 0 Å². The molecule has 1 saturated carbocycles. The zero-order chi connectivity index (χ0) is 11.1. The van der Waals surface area contributed by atoms with Gasteiger partial charge >= 0.3 is 0 Å². The van der Waals surface area contributed by atoms with E-state index in [4.69, 9.17) is 10.2 Å². The summed E-state index contributed by atoms with van der Waals surface area (Å²) in [5.74, 6) is 0.451. The van der Waals surface area contributed by atoms with Crippen molar-refractivity contribution in [3.8, 4) is 0 Å². The molecule has 0 unspecified atom stereocenters. The summed E-state index contributed by atoms with van der Waals surface area (Å²) in [5.41, 5.74) is 0. The Labute approximate surface area is 90.7 Å². The molecule has 1 aliphatic carbocycles. The van der Waals surface area contributed by atoms with Gasteiger partial charge in [-0.2, -0.15) is 0 Å². The molecule has 0 heterocycles. The number of aliphatic hydroxyl groups excluding tert-OH is 2. The van der Waals surface area contributed by atoms with Crippen LogP contribution in [0.1, 0.15) is 38.5 Å². The maximum Gasteiger partial charge on any atom is 0.220 e. The minimum Gasteiger partial charge on any atom is -0.394 e. The quantitative estimate of drug-likeness (QED) is 0.622. The summed E-state index contributed by atoms with van der Waals surface area (Å²) in [7, 11) is 0. The van der Waals surface area contributed by atoms with Gasteiger partial charge in [0.25, 0.3) is 0 Å². The Morgan fingerprint density at radius 2 is 1.80 bits per heavy atom. The molecule has 0 atom stereocenters. The van der Waals surface area contributed by atoms with Crippen LogP contribution in [0.15, 0.2) is 0 Å². The molecule has 1 aliphatic rings. The molecule has 3 N–H and O–H groups in total. The molecule has 0 aliphatic heterocycles. The van der Waals surface area contributed by atoms with Gasteiger partial charge in [0, 0.05) is 6.42 Å². The Hall–Kier alpha value is -0.610. The topological polar surface area (TPSA) is 69.6 Å². The fourth-order valence-electron chi connectivity index (χ4n) is 2.09. The largest absolute Gasteiger partial charge is 0.394 e. The lowest BCUT2D eigenvalue weighted by Crippen LogP contribution is -2.40. The Balaban J connectivity index is 2.21. The van der Waals surface area contributed by atoms with Crippen molar-refractivity contribution in [1.82, 2.24) is 5.32 Å². The Bertz CT molecular complexity index is 186. The average Bonchev–Trinajstić information content (AvgIpc) is 2.27. The number of aliphatic hydroxyl groups is 2. The molecule has 4 nitrogen and oxygen atoms in total. The van der Waals surface area contributed by atoms with Crippen LogP contribution in [-0.4, -0.2) is 35.4 Å². The maximum absolute atomic E-state index is 11.5. The van der Waals surface area contributed by atoms with Crippen molar-refractivity contribution >= 4 is 5.91 Å². The number of carbonyl (C=O) groups excluding carboxylic acids is 1.